The van der Waals surface area contributed by atoms with Crippen LogP contribution in [0.4, 0.5) is 0 Å². The van der Waals surface area contributed by atoms with Gasteiger partial charge >= 0.3 is 0 Å². The lowest BCUT2D eigenvalue weighted by molar-refractivity contribution is -0.138. The third-order valence-corrected chi connectivity index (χ3v) is 6.49. The van der Waals surface area contributed by atoms with Crippen LogP contribution in [0.15, 0.2) is 36.4 Å². The monoisotopic (exact) mass is 373 g/mol. The molecule has 1 aliphatic carbocycles. The molecule has 25 heavy (non-hydrogen) atoms. The summed E-state index contributed by atoms with van der Waals surface area (Å²) in [6, 6.07) is 12.6. The van der Waals surface area contributed by atoms with Crippen molar-refractivity contribution in [1.82, 2.24) is 4.90 Å². The maximum Gasteiger partial charge on any atom is 0.222 e. The first-order chi connectivity index (χ1) is 11.9. The van der Waals surface area contributed by atoms with Gasteiger partial charge < -0.3 is 4.90 Å². The minimum Gasteiger partial charge on any atom is -0.342 e. The molecule has 2 aromatic carbocycles. The minimum absolute atomic E-state index is 0.0424. The molecule has 2 aliphatic rings. The molecule has 130 valence electrons. The molecule has 1 saturated heterocycles. The van der Waals surface area contributed by atoms with Gasteiger partial charge in [0.2, 0.25) is 5.91 Å². The van der Waals surface area contributed by atoms with Crippen molar-refractivity contribution in [2.24, 2.45) is 0 Å². The number of hydrogen-bond acceptors (Lipinski definition) is 1. The summed E-state index contributed by atoms with van der Waals surface area (Å²) < 4.78 is 0. The molecule has 0 N–H and O–H groups in total. The summed E-state index contributed by atoms with van der Waals surface area (Å²) in [5, 5.41) is 1.30. The van der Waals surface area contributed by atoms with Crippen LogP contribution in [0.3, 0.4) is 0 Å². The van der Waals surface area contributed by atoms with E-state index in [1.54, 1.807) is 6.07 Å². The predicted molar refractivity (Wildman–Crippen MR) is 103 cm³/mol. The van der Waals surface area contributed by atoms with Gasteiger partial charge in [-0.15, -0.1) is 0 Å². The third kappa shape index (κ3) is 2.76. The fraction of sp³-hybridized carbons (Fsp3) is 0.381. The van der Waals surface area contributed by atoms with Gasteiger partial charge in [-0.25, -0.2) is 0 Å². The fourth-order valence-electron chi connectivity index (χ4n) is 4.69. The summed E-state index contributed by atoms with van der Waals surface area (Å²) in [5.74, 6) is 0.274. The Kier molecular flexibility index (Phi) is 4.09. The van der Waals surface area contributed by atoms with E-state index in [9.17, 15) is 4.79 Å². The van der Waals surface area contributed by atoms with Crippen LogP contribution in [-0.2, 0) is 16.6 Å². The zero-order valence-electron chi connectivity index (χ0n) is 14.5. The smallest absolute Gasteiger partial charge is 0.222 e. The number of likely N-dealkylation sites (N-methyl/N-ethyl adjacent to an activating group) is 1. The van der Waals surface area contributed by atoms with E-state index in [-0.39, 0.29) is 11.3 Å². The molecule has 4 rings (SSSR count). The van der Waals surface area contributed by atoms with E-state index in [1.807, 2.05) is 24.1 Å². The van der Waals surface area contributed by atoms with Crippen LogP contribution in [0.2, 0.25) is 10.0 Å². The van der Waals surface area contributed by atoms with Crippen molar-refractivity contribution < 1.29 is 4.79 Å². The average Bonchev–Trinajstić information content (AvgIpc) is 2.57. The van der Waals surface area contributed by atoms with E-state index in [2.05, 4.69) is 25.1 Å². The average molecular weight is 374 g/mol. The van der Waals surface area contributed by atoms with Crippen molar-refractivity contribution in [3.05, 3.63) is 57.6 Å². The maximum atomic E-state index is 12.1. The summed E-state index contributed by atoms with van der Waals surface area (Å²) in [4.78, 5) is 14.1. The Bertz CT molecular complexity index is 843. The number of hydrogen-bond donors (Lipinski definition) is 0. The zero-order valence-corrected chi connectivity index (χ0v) is 16.0. The van der Waals surface area contributed by atoms with Crippen LogP contribution in [0.1, 0.15) is 37.3 Å². The lowest BCUT2D eigenvalue weighted by Crippen LogP contribution is -2.56. The van der Waals surface area contributed by atoms with Crippen molar-refractivity contribution in [3.8, 4) is 11.1 Å². The Morgan fingerprint density at radius 1 is 1.04 bits per heavy atom. The molecule has 0 unspecified atom stereocenters. The zero-order chi connectivity index (χ0) is 17.8. The van der Waals surface area contributed by atoms with Crippen molar-refractivity contribution in [2.45, 2.75) is 44.1 Å². The van der Waals surface area contributed by atoms with Gasteiger partial charge in [-0.2, -0.15) is 0 Å². The largest absolute Gasteiger partial charge is 0.342 e. The number of rotatable bonds is 1. The standard InChI is InChI=1S/C21H21Cl2NO/c1-21-8-7-20(25)24(2)19(21)6-4-14-9-13(3-5-18(14)21)15-10-16(22)12-17(23)11-15/h3,5,9-12,19H,4,6-8H2,1-2H3/t19-,21-/m1/s1. The van der Waals surface area contributed by atoms with E-state index < -0.39 is 0 Å². The summed E-state index contributed by atoms with van der Waals surface area (Å²) in [5.41, 5.74) is 5.00. The third-order valence-electron chi connectivity index (χ3n) is 6.06. The minimum atomic E-state index is 0.0424. The SMILES string of the molecule is CN1C(=O)CC[C@]2(C)c3ccc(-c4cc(Cl)cc(Cl)c4)cc3CC[C@@H]12. The second-order valence-corrected chi connectivity index (χ2v) is 8.38. The molecule has 1 fully saturated rings. The van der Waals surface area contributed by atoms with Crippen molar-refractivity contribution >= 4 is 29.1 Å². The second kappa shape index (κ2) is 6.03. The Hall–Kier alpha value is -1.51. The number of aryl methyl sites for hydroxylation is 1. The number of likely N-dealkylation sites (tertiary alicyclic amines) is 1. The quantitative estimate of drug-likeness (QED) is 0.647. The summed E-state index contributed by atoms with van der Waals surface area (Å²) in [6.45, 7) is 2.31. The van der Waals surface area contributed by atoms with Crippen LogP contribution < -0.4 is 0 Å². The van der Waals surface area contributed by atoms with Crippen molar-refractivity contribution in [3.63, 3.8) is 0 Å². The molecular weight excluding hydrogens is 353 g/mol. The molecule has 0 bridgehead atoms. The van der Waals surface area contributed by atoms with Gasteiger partial charge in [0, 0.05) is 35.0 Å². The van der Waals surface area contributed by atoms with Crippen LogP contribution in [0, 0.1) is 0 Å². The van der Waals surface area contributed by atoms with Gasteiger partial charge in [0.05, 0.1) is 0 Å². The molecule has 0 radical (unpaired) electrons. The van der Waals surface area contributed by atoms with Gasteiger partial charge in [-0.3, -0.25) is 4.79 Å². The fourth-order valence-corrected chi connectivity index (χ4v) is 5.21. The predicted octanol–water partition coefficient (Wildman–Crippen LogP) is 5.49. The number of carbonyl (C=O) groups excluding carboxylic acids is 1. The van der Waals surface area contributed by atoms with Gasteiger partial charge in [-0.1, -0.05) is 48.3 Å². The second-order valence-electron chi connectivity index (χ2n) is 7.51. The molecule has 1 heterocycles. The molecule has 2 aromatic rings. The van der Waals surface area contributed by atoms with Gasteiger partial charge in [0.1, 0.15) is 0 Å². The van der Waals surface area contributed by atoms with E-state index >= 15 is 0 Å². The van der Waals surface area contributed by atoms with Crippen molar-refractivity contribution in [1.29, 1.82) is 0 Å². The number of nitrogens with zero attached hydrogens (tertiary/aromatic N) is 1. The van der Waals surface area contributed by atoms with Crippen LogP contribution in [-0.4, -0.2) is 23.9 Å². The first-order valence-corrected chi connectivity index (χ1v) is 9.49. The summed E-state index contributed by atoms with van der Waals surface area (Å²) in [6.07, 6.45) is 3.58. The number of fused-ring (bicyclic) bond motifs is 3. The summed E-state index contributed by atoms with van der Waals surface area (Å²) >= 11 is 12.3. The molecule has 4 heteroatoms. The van der Waals surface area contributed by atoms with Gasteiger partial charge in [0.15, 0.2) is 0 Å². The topological polar surface area (TPSA) is 20.3 Å². The Morgan fingerprint density at radius 2 is 1.76 bits per heavy atom. The van der Waals surface area contributed by atoms with E-state index in [1.165, 1.54) is 11.1 Å². The van der Waals surface area contributed by atoms with Crippen molar-refractivity contribution in [2.75, 3.05) is 7.05 Å². The van der Waals surface area contributed by atoms with E-state index in [0.29, 0.717) is 22.5 Å². The molecular formula is C21H21Cl2NO. The number of carbonyl (C=O) groups is 1. The lowest BCUT2D eigenvalue weighted by atomic mass is 9.63. The van der Waals surface area contributed by atoms with Crippen LogP contribution in [0.5, 0.6) is 0 Å². The molecule has 2 nitrogen and oxygen atoms in total. The highest BCUT2D eigenvalue weighted by Gasteiger charge is 2.46. The van der Waals surface area contributed by atoms with Crippen LogP contribution >= 0.6 is 23.2 Å². The number of amides is 1. The first kappa shape index (κ1) is 16.9. The Labute approximate surface area is 158 Å². The number of piperidine rings is 1. The first-order valence-electron chi connectivity index (χ1n) is 8.74. The van der Waals surface area contributed by atoms with Gasteiger partial charge in [0.25, 0.3) is 0 Å². The lowest BCUT2D eigenvalue weighted by Gasteiger charge is -2.50. The van der Waals surface area contributed by atoms with Crippen LogP contribution in [0.25, 0.3) is 11.1 Å². The van der Waals surface area contributed by atoms with Gasteiger partial charge in [-0.05, 0) is 59.7 Å². The molecule has 1 aliphatic heterocycles. The van der Waals surface area contributed by atoms with E-state index in [0.717, 1.165) is 30.4 Å². The molecule has 0 spiro atoms. The number of halogens is 2. The Balaban J connectivity index is 1.77. The Morgan fingerprint density at radius 3 is 2.48 bits per heavy atom. The highest BCUT2D eigenvalue weighted by Crippen LogP contribution is 2.46. The molecule has 0 saturated carbocycles. The maximum absolute atomic E-state index is 12.1. The molecule has 0 aromatic heterocycles. The van der Waals surface area contributed by atoms with E-state index in [4.69, 9.17) is 23.2 Å². The number of benzene rings is 2. The molecule has 2 atom stereocenters. The normalized spacial score (nSPS) is 25.5. The summed E-state index contributed by atoms with van der Waals surface area (Å²) in [7, 11) is 1.96. The highest BCUT2D eigenvalue weighted by atomic mass is 35.5. The highest BCUT2D eigenvalue weighted by molar-refractivity contribution is 6.35. The molecule has 1 amide bonds.